The smallest absolute Gasteiger partial charge is 0.255 e. The van der Waals surface area contributed by atoms with Gasteiger partial charge in [0.25, 0.3) is 5.91 Å². The molecule has 4 rings (SSSR count). The van der Waals surface area contributed by atoms with Gasteiger partial charge in [0.15, 0.2) is 0 Å². The highest BCUT2D eigenvalue weighted by Gasteiger charge is 2.34. The second-order valence-electron chi connectivity index (χ2n) is 6.72. The van der Waals surface area contributed by atoms with Gasteiger partial charge < -0.3 is 4.90 Å². The first-order valence-electron chi connectivity index (χ1n) is 8.52. The van der Waals surface area contributed by atoms with E-state index in [2.05, 4.69) is 15.3 Å². The zero-order chi connectivity index (χ0) is 17.6. The van der Waals surface area contributed by atoms with E-state index in [9.17, 15) is 4.79 Å². The molecule has 0 aliphatic carbocycles. The summed E-state index contributed by atoms with van der Waals surface area (Å²) in [5.41, 5.74) is 5.01. The average molecular weight is 336 g/mol. The van der Waals surface area contributed by atoms with E-state index in [0.29, 0.717) is 12.1 Å². The van der Waals surface area contributed by atoms with Gasteiger partial charge >= 0.3 is 0 Å². The number of benzene rings is 1. The van der Waals surface area contributed by atoms with Gasteiger partial charge in [-0.15, -0.1) is 0 Å². The summed E-state index contributed by atoms with van der Waals surface area (Å²) >= 11 is 0. The zero-order valence-corrected chi connectivity index (χ0v) is 14.6. The van der Waals surface area contributed by atoms with E-state index in [1.54, 1.807) is 0 Å². The summed E-state index contributed by atoms with van der Waals surface area (Å²) in [6.07, 6.45) is 1.82. The van der Waals surface area contributed by atoms with Crippen LogP contribution in [0, 0.1) is 20.8 Å². The van der Waals surface area contributed by atoms with Crippen LogP contribution in [-0.2, 0) is 0 Å². The van der Waals surface area contributed by atoms with Crippen molar-refractivity contribution in [2.45, 2.75) is 39.7 Å². The molecule has 0 bridgehead atoms. The predicted molar refractivity (Wildman–Crippen MR) is 93.3 cm³/mol. The number of hydrogen-bond acceptors (Lipinski definition) is 5. The van der Waals surface area contributed by atoms with Gasteiger partial charge in [-0.25, -0.2) is 4.63 Å². The molecule has 1 atom stereocenters. The number of aryl methyl sites for hydroxylation is 3. The van der Waals surface area contributed by atoms with Gasteiger partial charge in [-0.1, -0.05) is 21.9 Å². The second-order valence-corrected chi connectivity index (χ2v) is 6.72. The maximum absolute atomic E-state index is 13.4. The van der Waals surface area contributed by atoms with Crippen molar-refractivity contribution in [2.24, 2.45) is 0 Å². The van der Waals surface area contributed by atoms with Crippen LogP contribution < -0.4 is 0 Å². The number of rotatable bonds is 2. The highest BCUT2D eigenvalue weighted by atomic mass is 16.6. The lowest BCUT2D eigenvalue weighted by Gasteiger charge is -2.24. The molecule has 0 radical (unpaired) electrons. The second kappa shape index (κ2) is 5.95. The van der Waals surface area contributed by atoms with Gasteiger partial charge in [-0.3, -0.25) is 9.78 Å². The van der Waals surface area contributed by atoms with Crippen LogP contribution in [-0.4, -0.2) is 32.6 Å². The Hall–Kier alpha value is -2.76. The summed E-state index contributed by atoms with van der Waals surface area (Å²) in [6.45, 7) is 6.52. The monoisotopic (exact) mass is 336 g/mol. The van der Waals surface area contributed by atoms with E-state index in [1.165, 1.54) is 0 Å². The summed E-state index contributed by atoms with van der Waals surface area (Å²) in [7, 11) is 0. The van der Waals surface area contributed by atoms with Crippen molar-refractivity contribution in [3.05, 3.63) is 52.5 Å². The Kier molecular flexibility index (Phi) is 3.75. The maximum atomic E-state index is 13.4. The number of likely N-dealkylation sites (tertiary alicyclic amines) is 1. The first kappa shape index (κ1) is 15.7. The Balaban J connectivity index is 1.79. The van der Waals surface area contributed by atoms with Gasteiger partial charge in [-0.2, -0.15) is 0 Å². The van der Waals surface area contributed by atoms with Gasteiger partial charge in [0.1, 0.15) is 11.4 Å². The molecule has 1 saturated heterocycles. The fourth-order valence-electron chi connectivity index (χ4n) is 3.64. The predicted octanol–water partition coefficient (Wildman–Crippen LogP) is 3.52. The third-order valence-electron chi connectivity index (χ3n) is 4.84. The molecule has 0 saturated carbocycles. The molecule has 6 heteroatoms. The Bertz CT molecular complexity index is 963. The largest absolute Gasteiger partial charge is 0.330 e. The molecule has 2 aromatic heterocycles. The third kappa shape index (κ3) is 2.67. The number of carbonyl (C=O) groups is 1. The Morgan fingerprint density at radius 2 is 2.04 bits per heavy atom. The van der Waals surface area contributed by atoms with Crippen LogP contribution >= 0.6 is 0 Å². The molecule has 1 aliphatic rings. The fourth-order valence-corrected chi connectivity index (χ4v) is 3.64. The highest BCUT2D eigenvalue weighted by molar-refractivity contribution is 6.06. The topological polar surface area (TPSA) is 72.1 Å². The zero-order valence-electron chi connectivity index (χ0n) is 14.6. The molecule has 25 heavy (non-hydrogen) atoms. The van der Waals surface area contributed by atoms with Crippen LogP contribution in [0.4, 0.5) is 0 Å². The van der Waals surface area contributed by atoms with Crippen LogP contribution in [0.2, 0.25) is 0 Å². The van der Waals surface area contributed by atoms with Crippen molar-refractivity contribution >= 4 is 16.8 Å². The lowest BCUT2D eigenvalue weighted by Crippen LogP contribution is -2.31. The van der Waals surface area contributed by atoms with Crippen molar-refractivity contribution < 1.29 is 9.42 Å². The Morgan fingerprint density at radius 3 is 2.80 bits per heavy atom. The number of nitrogens with zero attached hydrogens (tertiary/aromatic N) is 4. The minimum Gasteiger partial charge on any atom is -0.330 e. The summed E-state index contributed by atoms with van der Waals surface area (Å²) < 4.78 is 4.85. The van der Waals surface area contributed by atoms with Crippen LogP contribution in [0.25, 0.3) is 10.9 Å². The number of hydrogen-bond donors (Lipinski definition) is 0. The van der Waals surface area contributed by atoms with Gasteiger partial charge in [0.2, 0.25) is 0 Å². The van der Waals surface area contributed by atoms with E-state index in [0.717, 1.165) is 46.4 Å². The Morgan fingerprint density at radius 1 is 1.20 bits per heavy atom. The summed E-state index contributed by atoms with van der Waals surface area (Å²) in [5.74, 6) is 0.0194. The molecule has 128 valence electrons. The lowest BCUT2D eigenvalue weighted by molar-refractivity contribution is 0.0732. The number of aromatic nitrogens is 3. The van der Waals surface area contributed by atoms with Gasteiger partial charge in [0, 0.05) is 17.6 Å². The molecule has 1 aromatic carbocycles. The molecule has 1 fully saturated rings. The standard InChI is InChI=1S/C19H20N4O2/c1-11-6-7-16-14(9-11)15(10-12(2)20-16)19(24)23-8-4-5-17(23)18-13(3)21-25-22-18/h6-7,9-10,17H,4-5,8H2,1-3H3. The molecule has 1 amide bonds. The number of pyridine rings is 1. The Labute approximate surface area is 145 Å². The van der Waals surface area contributed by atoms with Crippen LogP contribution in [0.3, 0.4) is 0 Å². The lowest BCUT2D eigenvalue weighted by atomic mass is 10.0. The summed E-state index contributed by atoms with van der Waals surface area (Å²) in [6, 6.07) is 7.83. The van der Waals surface area contributed by atoms with E-state index >= 15 is 0 Å². The van der Waals surface area contributed by atoms with E-state index in [-0.39, 0.29) is 11.9 Å². The molecular formula is C19H20N4O2. The SMILES string of the molecule is Cc1ccc2nc(C)cc(C(=O)N3CCCC3c3nonc3C)c2c1. The molecule has 1 aliphatic heterocycles. The van der Waals surface area contributed by atoms with Crippen molar-refractivity contribution in [1.82, 2.24) is 20.2 Å². The van der Waals surface area contributed by atoms with Crippen molar-refractivity contribution in [3.63, 3.8) is 0 Å². The summed E-state index contributed by atoms with van der Waals surface area (Å²) in [4.78, 5) is 19.8. The van der Waals surface area contributed by atoms with Crippen LogP contribution in [0.15, 0.2) is 28.9 Å². The molecule has 6 nitrogen and oxygen atoms in total. The minimum atomic E-state index is -0.0768. The van der Waals surface area contributed by atoms with Crippen LogP contribution in [0.1, 0.15) is 51.9 Å². The maximum Gasteiger partial charge on any atom is 0.255 e. The average Bonchev–Trinajstić information content (AvgIpc) is 3.22. The minimum absolute atomic E-state index is 0.0194. The van der Waals surface area contributed by atoms with Gasteiger partial charge in [-0.05, 0) is 51.8 Å². The molecule has 3 aromatic rings. The van der Waals surface area contributed by atoms with Crippen molar-refractivity contribution in [1.29, 1.82) is 0 Å². The van der Waals surface area contributed by atoms with E-state index < -0.39 is 0 Å². The van der Waals surface area contributed by atoms with Crippen molar-refractivity contribution in [3.8, 4) is 0 Å². The first-order chi connectivity index (χ1) is 12.0. The normalized spacial score (nSPS) is 17.4. The van der Waals surface area contributed by atoms with Gasteiger partial charge in [0.05, 0.1) is 17.1 Å². The number of amides is 1. The molecular weight excluding hydrogens is 316 g/mol. The molecule has 1 unspecified atom stereocenters. The third-order valence-corrected chi connectivity index (χ3v) is 4.84. The number of carbonyl (C=O) groups excluding carboxylic acids is 1. The quantitative estimate of drug-likeness (QED) is 0.716. The molecule has 3 heterocycles. The number of fused-ring (bicyclic) bond motifs is 1. The molecule has 0 N–H and O–H groups in total. The van der Waals surface area contributed by atoms with E-state index in [4.69, 9.17) is 4.63 Å². The summed E-state index contributed by atoms with van der Waals surface area (Å²) in [5, 5.41) is 8.79. The first-order valence-corrected chi connectivity index (χ1v) is 8.52. The highest BCUT2D eigenvalue weighted by Crippen LogP contribution is 2.34. The van der Waals surface area contributed by atoms with E-state index in [1.807, 2.05) is 49.9 Å². The van der Waals surface area contributed by atoms with Crippen molar-refractivity contribution in [2.75, 3.05) is 6.54 Å². The molecule has 0 spiro atoms. The fraction of sp³-hybridized carbons (Fsp3) is 0.368. The van der Waals surface area contributed by atoms with Crippen LogP contribution in [0.5, 0.6) is 0 Å².